The summed E-state index contributed by atoms with van der Waals surface area (Å²) < 4.78 is 2.06. The van der Waals surface area contributed by atoms with Gasteiger partial charge in [-0.1, -0.05) is 13.8 Å². The number of rotatable bonds is 3. The van der Waals surface area contributed by atoms with E-state index < -0.39 is 0 Å². The lowest BCUT2D eigenvalue weighted by atomic mass is 9.96. The van der Waals surface area contributed by atoms with Crippen LogP contribution in [-0.2, 0) is 7.05 Å². The Kier molecular flexibility index (Phi) is 3.59. The third-order valence-electron chi connectivity index (χ3n) is 3.24. The summed E-state index contributed by atoms with van der Waals surface area (Å²) in [6.45, 7) is 8.16. The van der Waals surface area contributed by atoms with Crippen LogP contribution in [-0.4, -0.2) is 39.3 Å². The molecule has 4 nitrogen and oxygen atoms in total. The second kappa shape index (κ2) is 4.95. The van der Waals surface area contributed by atoms with Gasteiger partial charge in [0, 0.05) is 26.1 Å². The number of aromatic nitrogens is 3. The molecule has 1 atom stereocenters. The van der Waals surface area contributed by atoms with Crippen LogP contribution in [0, 0.1) is 5.92 Å². The lowest BCUT2D eigenvalue weighted by Gasteiger charge is -2.33. The Hall–Kier alpha value is -0.900. The molecule has 0 aliphatic carbocycles. The zero-order valence-electron chi connectivity index (χ0n) is 10.6. The number of hydrogen-bond acceptors (Lipinski definition) is 3. The van der Waals surface area contributed by atoms with Crippen molar-refractivity contribution in [3.05, 3.63) is 12.2 Å². The Morgan fingerprint density at radius 1 is 1.50 bits per heavy atom. The van der Waals surface area contributed by atoms with Crippen LogP contribution < -0.4 is 0 Å². The predicted molar refractivity (Wildman–Crippen MR) is 64.3 cm³/mol. The fraction of sp³-hybridized carbons (Fsp3) is 0.833. The molecule has 0 bridgehead atoms. The SMILES string of the molecule is CC(C)CN1CCC[C@@H](c2nncn2C)C1. The normalized spacial score (nSPS) is 22.9. The number of hydrogen-bond donors (Lipinski definition) is 0. The standard InChI is InChI=1S/C12H22N4/c1-10(2)7-16-6-4-5-11(8-16)12-14-13-9-15(12)3/h9-11H,4-8H2,1-3H3/t11-/m1/s1. The first-order valence-corrected chi connectivity index (χ1v) is 6.23. The van der Waals surface area contributed by atoms with Crippen molar-refractivity contribution >= 4 is 0 Å². The second-order valence-corrected chi connectivity index (χ2v) is 5.29. The summed E-state index contributed by atoms with van der Waals surface area (Å²) in [7, 11) is 2.04. The first-order valence-electron chi connectivity index (χ1n) is 6.23. The molecule has 90 valence electrons. The molecule has 1 saturated heterocycles. The maximum atomic E-state index is 4.24. The molecule has 0 saturated carbocycles. The number of likely N-dealkylation sites (tertiary alicyclic amines) is 1. The molecule has 1 aliphatic rings. The van der Waals surface area contributed by atoms with Gasteiger partial charge in [0.1, 0.15) is 12.2 Å². The lowest BCUT2D eigenvalue weighted by molar-refractivity contribution is 0.183. The minimum atomic E-state index is 0.569. The number of piperidine rings is 1. The minimum Gasteiger partial charge on any atom is -0.320 e. The molecule has 0 N–H and O–H groups in total. The highest BCUT2D eigenvalue weighted by atomic mass is 15.3. The van der Waals surface area contributed by atoms with Gasteiger partial charge in [0.05, 0.1) is 0 Å². The minimum absolute atomic E-state index is 0.569. The van der Waals surface area contributed by atoms with Crippen LogP contribution in [0.2, 0.25) is 0 Å². The zero-order valence-corrected chi connectivity index (χ0v) is 10.6. The molecule has 16 heavy (non-hydrogen) atoms. The van der Waals surface area contributed by atoms with Crippen LogP contribution in [0.5, 0.6) is 0 Å². The fourth-order valence-corrected chi connectivity index (χ4v) is 2.61. The first kappa shape index (κ1) is 11.6. The van der Waals surface area contributed by atoms with Crippen LogP contribution in [0.1, 0.15) is 38.4 Å². The molecule has 1 aromatic heterocycles. The second-order valence-electron chi connectivity index (χ2n) is 5.29. The predicted octanol–water partition coefficient (Wildman–Crippen LogP) is 1.65. The van der Waals surface area contributed by atoms with E-state index in [0.717, 1.165) is 18.3 Å². The highest BCUT2D eigenvalue weighted by Gasteiger charge is 2.24. The van der Waals surface area contributed by atoms with Gasteiger partial charge in [-0.15, -0.1) is 10.2 Å². The fourth-order valence-electron chi connectivity index (χ4n) is 2.61. The van der Waals surface area contributed by atoms with Gasteiger partial charge in [0.2, 0.25) is 0 Å². The van der Waals surface area contributed by atoms with Gasteiger partial charge in [0.25, 0.3) is 0 Å². The van der Waals surface area contributed by atoms with Gasteiger partial charge in [-0.2, -0.15) is 0 Å². The summed E-state index contributed by atoms with van der Waals surface area (Å²) >= 11 is 0. The molecule has 1 aromatic rings. The lowest BCUT2D eigenvalue weighted by Crippen LogP contribution is -2.37. The summed E-state index contributed by atoms with van der Waals surface area (Å²) in [5, 5.41) is 8.22. The average Bonchev–Trinajstić information content (AvgIpc) is 2.64. The van der Waals surface area contributed by atoms with Crippen molar-refractivity contribution in [1.82, 2.24) is 19.7 Å². The highest BCUT2D eigenvalue weighted by Crippen LogP contribution is 2.25. The molecule has 4 heteroatoms. The summed E-state index contributed by atoms with van der Waals surface area (Å²) in [4.78, 5) is 2.56. The van der Waals surface area contributed by atoms with E-state index in [1.54, 1.807) is 6.33 Å². The van der Waals surface area contributed by atoms with Gasteiger partial charge in [-0.25, -0.2) is 0 Å². The van der Waals surface area contributed by atoms with Crippen molar-refractivity contribution in [3.8, 4) is 0 Å². The van der Waals surface area contributed by atoms with Crippen LogP contribution in [0.25, 0.3) is 0 Å². The van der Waals surface area contributed by atoms with E-state index in [1.165, 1.54) is 25.9 Å². The molecular weight excluding hydrogens is 200 g/mol. The van der Waals surface area contributed by atoms with Crippen LogP contribution in [0.3, 0.4) is 0 Å². The average molecular weight is 222 g/mol. The Balaban J connectivity index is 1.99. The van der Waals surface area contributed by atoms with Gasteiger partial charge in [0.15, 0.2) is 0 Å². The van der Waals surface area contributed by atoms with Crippen LogP contribution >= 0.6 is 0 Å². The van der Waals surface area contributed by atoms with E-state index in [0.29, 0.717) is 5.92 Å². The van der Waals surface area contributed by atoms with Crippen molar-refractivity contribution in [2.24, 2.45) is 13.0 Å². The third kappa shape index (κ3) is 2.61. The van der Waals surface area contributed by atoms with Crippen molar-refractivity contribution in [3.63, 3.8) is 0 Å². The Labute approximate surface area is 97.7 Å². The first-order chi connectivity index (χ1) is 7.66. The molecule has 2 rings (SSSR count). The maximum Gasteiger partial charge on any atom is 0.136 e. The molecule has 0 amide bonds. The monoisotopic (exact) mass is 222 g/mol. The van der Waals surface area contributed by atoms with Crippen LogP contribution in [0.15, 0.2) is 6.33 Å². The van der Waals surface area contributed by atoms with E-state index >= 15 is 0 Å². The number of nitrogens with zero attached hydrogens (tertiary/aromatic N) is 4. The molecule has 0 radical (unpaired) electrons. The molecule has 2 heterocycles. The quantitative estimate of drug-likeness (QED) is 0.780. The van der Waals surface area contributed by atoms with E-state index in [1.807, 2.05) is 7.05 Å². The molecule has 0 spiro atoms. The third-order valence-corrected chi connectivity index (χ3v) is 3.24. The summed E-state index contributed by atoms with van der Waals surface area (Å²) in [6, 6.07) is 0. The molecule has 0 unspecified atom stereocenters. The van der Waals surface area contributed by atoms with Crippen molar-refractivity contribution < 1.29 is 0 Å². The van der Waals surface area contributed by atoms with Gasteiger partial charge >= 0.3 is 0 Å². The van der Waals surface area contributed by atoms with Crippen molar-refractivity contribution in [2.75, 3.05) is 19.6 Å². The highest BCUT2D eigenvalue weighted by molar-refractivity contribution is 4.99. The molecular formula is C12H22N4. The Bertz CT molecular complexity index is 332. The maximum absolute atomic E-state index is 4.24. The largest absolute Gasteiger partial charge is 0.320 e. The molecule has 1 aliphatic heterocycles. The van der Waals surface area contributed by atoms with Gasteiger partial charge < -0.3 is 9.47 Å². The van der Waals surface area contributed by atoms with Crippen molar-refractivity contribution in [1.29, 1.82) is 0 Å². The van der Waals surface area contributed by atoms with E-state index in [9.17, 15) is 0 Å². The summed E-state index contributed by atoms with van der Waals surface area (Å²) in [6.07, 6.45) is 4.34. The van der Waals surface area contributed by atoms with E-state index in [-0.39, 0.29) is 0 Å². The van der Waals surface area contributed by atoms with Crippen molar-refractivity contribution in [2.45, 2.75) is 32.6 Å². The van der Waals surface area contributed by atoms with Gasteiger partial charge in [-0.05, 0) is 25.3 Å². The zero-order chi connectivity index (χ0) is 11.5. The Morgan fingerprint density at radius 2 is 2.31 bits per heavy atom. The number of aryl methyl sites for hydroxylation is 1. The smallest absolute Gasteiger partial charge is 0.136 e. The Morgan fingerprint density at radius 3 is 2.94 bits per heavy atom. The summed E-state index contributed by atoms with van der Waals surface area (Å²) in [5.41, 5.74) is 0. The molecule has 0 aromatic carbocycles. The summed E-state index contributed by atoms with van der Waals surface area (Å²) in [5.74, 6) is 2.46. The topological polar surface area (TPSA) is 34.0 Å². The van der Waals surface area contributed by atoms with Crippen LogP contribution in [0.4, 0.5) is 0 Å². The molecule has 1 fully saturated rings. The van der Waals surface area contributed by atoms with E-state index in [2.05, 4.69) is 33.5 Å². The van der Waals surface area contributed by atoms with Gasteiger partial charge in [-0.3, -0.25) is 0 Å². The van der Waals surface area contributed by atoms with E-state index in [4.69, 9.17) is 0 Å².